The zero-order valence-corrected chi connectivity index (χ0v) is 23.9. The summed E-state index contributed by atoms with van der Waals surface area (Å²) in [5.74, 6) is 0. The summed E-state index contributed by atoms with van der Waals surface area (Å²) in [4.78, 5) is 6.75. The van der Waals surface area contributed by atoms with Gasteiger partial charge in [0.25, 0.3) is 6.71 Å². The number of para-hydroxylation sites is 2. The molecule has 0 saturated heterocycles. The molecule has 0 atom stereocenters. The number of rotatable bonds is 2. The van der Waals surface area contributed by atoms with Gasteiger partial charge in [0.1, 0.15) is 0 Å². The fourth-order valence-corrected chi connectivity index (χ4v) is 9.07. The normalized spacial score (nSPS) is 14.9. The number of benzene rings is 5. The van der Waals surface area contributed by atoms with Crippen molar-refractivity contribution in [3.63, 3.8) is 0 Å². The second kappa shape index (κ2) is 8.86. The molecular formula is C37H29BN2S. The second-order valence-electron chi connectivity index (χ2n) is 11.6. The molecule has 1 aromatic heterocycles. The zero-order valence-electron chi connectivity index (χ0n) is 23.1. The summed E-state index contributed by atoms with van der Waals surface area (Å²) in [5.41, 5.74) is 13.6. The first-order valence-corrected chi connectivity index (χ1v) is 15.6. The Labute approximate surface area is 245 Å². The van der Waals surface area contributed by atoms with Crippen LogP contribution in [0.2, 0.25) is 0 Å². The van der Waals surface area contributed by atoms with Crippen molar-refractivity contribution >= 4 is 78.6 Å². The predicted octanol–water partition coefficient (Wildman–Crippen LogP) is 8.17. The van der Waals surface area contributed by atoms with E-state index in [9.17, 15) is 0 Å². The summed E-state index contributed by atoms with van der Waals surface area (Å²) in [7, 11) is 0. The van der Waals surface area contributed by atoms with Gasteiger partial charge in [-0.1, -0.05) is 72.8 Å². The van der Waals surface area contributed by atoms with Crippen LogP contribution in [0.1, 0.15) is 28.8 Å². The van der Waals surface area contributed by atoms with Gasteiger partial charge in [0.2, 0.25) is 0 Å². The molecule has 0 radical (unpaired) electrons. The Kier molecular flexibility index (Phi) is 5.06. The number of aryl methyl sites for hydroxylation is 2. The Morgan fingerprint density at radius 2 is 1.37 bits per heavy atom. The molecule has 0 N–H and O–H groups in total. The summed E-state index contributed by atoms with van der Waals surface area (Å²) in [6.45, 7) is 2.49. The topological polar surface area (TPSA) is 6.48 Å². The van der Waals surface area contributed by atoms with E-state index in [2.05, 4.69) is 137 Å². The second-order valence-corrected chi connectivity index (χ2v) is 12.8. The van der Waals surface area contributed by atoms with Crippen molar-refractivity contribution in [2.75, 3.05) is 9.80 Å². The van der Waals surface area contributed by atoms with Gasteiger partial charge in [-0.15, -0.1) is 0 Å². The van der Waals surface area contributed by atoms with Crippen LogP contribution >= 0.6 is 11.3 Å². The number of anilines is 6. The van der Waals surface area contributed by atoms with E-state index in [4.69, 9.17) is 0 Å². The lowest BCUT2D eigenvalue weighted by Crippen LogP contribution is -2.60. The highest BCUT2D eigenvalue weighted by atomic mass is 32.1. The number of hydrogen-bond acceptors (Lipinski definition) is 3. The Hall–Kier alpha value is -4.28. The Morgan fingerprint density at radius 1 is 0.659 bits per heavy atom. The molecule has 5 aromatic carbocycles. The molecule has 0 saturated carbocycles. The van der Waals surface area contributed by atoms with Gasteiger partial charge in [-0.3, -0.25) is 0 Å². The minimum absolute atomic E-state index is 0.230. The molecule has 41 heavy (non-hydrogen) atoms. The van der Waals surface area contributed by atoms with Crippen LogP contribution in [0.15, 0.2) is 109 Å². The van der Waals surface area contributed by atoms with E-state index < -0.39 is 0 Å². The summed E-state index contributed by atoms with van der Waals surface area (Å²) >= 11 is 2.08. The summed E-state index contributed by atoms with van der Waals surface area (Å²) in [6, 6.07) is 40.6. The molecule has 4 heteroatoms. The molecule has 3 aliphatic rings. The smallest absolute Gasteiger partial charge is 0.264 e. The van der Waals surface area contributed by atoms with E-state index in [1.165, 1.54) is 91.8 Å². The van der Waals surface area contributed by atoms with Gasteiger partial charge in [-0.25, -0.2) is 0 Å². The SMILES string of the molecule is Cc1cc2c3c(c1)N(c1cccc4ccccc14)c1ccccc1B3c1sc3c(c1N2c1ccccc1)CCCC3. The quantitative estimate of drug-likeness (QED) is 0.203. The van der Waals surface area contributed by atoms with Crippen LogP contribution in [0.3, 0.4) is 0 Å². The summed E-state index contributed by atoms with van der Waals surface area (Å²) in [6.07, 6.45) is 4.95. The van der Waals surface area contributed by atoms with Gasteiger partial charge in [0.15, 0.2) is 0 Å². The Bertz CT molecular complexity index is 1990. The first-order chi connectivity index (χ1) is 20.3. The van der Waals surface area contributed by atoms with Gasteiger partial charge in [0, 0.05) is 37.8 Å². The van der Waals surface area contributed by atoms with Crippen LogP contribution in [0.5, 0.6) is 0 Å². The molecule has 1 aliphatic carbocycles. The van der Waals surface area contributed by atoms with Crippen molar-refractivity contribution in [2.45, 2.75) is 32.6 Å². The highest BCUT2D eigenvalue weighted by molar-refractivity contribution is 7.29. The van der Waals surface area contributed by atoms with Crippen molar-refractivity contribution in [1.29, 1.82) is 0 Å². The maximum absolute atomic E-state index is 2.60. The van der Waals surface area contributed by atoms with E-state index in [0.717, 1.165) is 0 Å². The van der Waals surface area contributed by atoms with Crippen molar-refractivity contribution in [2.24, 2.45) is 0 Å². The van der Waals surface area contributed by atoms with Crippen LogP contribution in [0.4, 0.5) is 34.1 Å². The average molecular weight is 545 g/mol. The van der Waals surface area contributed by atoms with Gasteiger partial charge in [-0.2, -0.15) is 11.3 Å². The summed E-state index contributed by atoms with van der Waals surface area (Å²) < 4.78 is 1.52. The van der Waals surface area contributed by atoms with E-state index >= 15 is 0 Å². The molecule has 6 aromatic rings. The van der Waals surface area contributed by atoms with E-state index in [0.29, 0.717) is 0 Å². The Balaban J connectivity index is 1.41. The highest BCUT2D eigenvalue weighted by Gasteiger charge is 2.46. The first-order valence-electron chi connectivity index (χ1n) is 14.8. The molecule has 0 bridgehead atoms. The minimum atomic E-state index is 0.230. The van der Waals surface area contributed by atoms with Crippen LogP contribution in [0.25, 0.3) is 10.8 Å². The van der Waals surface area contributed by atoms with Gasteiger partial charge >= 0.3 is 0 Å². The van der Waals surface area contributed by atoms with Crippen molar-refractivity contribution in [1.82, 2.24) is 0 Å². The number of hydrogen-bond donors (Lipinski definition) is 0. The van der Waals surface area contributed by atoms with Gasteiger partial charge in [-0.05, 0) is 96.4 Å². The lowest BCUT2D eigenvalue weighted by atomic mass is 9.36. The van der Waals surface area contributed by atoms with Crippen LogP contribution in [0, 0.1) is 6.92 Å². The maximum atomic E-state index is 2.60. The third-order valence-electron chi connectivity index (χ3n) is 9.22. The molecule has 0 fully saturated rings. The van der Waals surface area contributed by atoms with Crippen LogP contribution in [-0.2, 0) is 12.8 Å². The molecule has 196 valence electrons. The highest BCUT2D eigenvalue weighted by Crippen LogP contribution is 2.49. The first kappa shape index (κ1) is 23.4. The lowest BCUT2D eigenvalue weighted by molar-refractivity contribution is 0.697. The maximum Gasteiger partial charge on any atom is 0.264 e. The lowest BCUT2D eigenvalue weighted by Gasteiger charge is -2.43. The van der Waals surface area contributed by atoms with Gasteiger partial charge < -0.3 is 9.80 Å². The minimum Gasteiger partial charge on any atom is -0.311 e. The van der Waals surface area contributed by atoms with Crippen molar-refractivity contribution in [3.8, 4) is 0 Å². The third kappa shape index (κ3) is 3.31. The number of thiophene rings is 1. The summed E-state index contributed by atoms with van der Waals surface area (Å²) in [5, 5.41) is 2.55. The largest absolute Gasteiger partial charge is 0.311 e. The molecule has 0 unspecified atom stereocenters. The van der Waals surface area contributed by atoms with E-state index in [-0.39, 0.29) is 6.71 Å². The fourth-order valence-electron chi connectivity index (χ4n) is 7.56. The predicted molar refractivity (Wildman–Crippen MR) is 177 cm³/mol. The standard InChI is InChI=1S/C37H29BN2S/c1-24-22-32-35-33(23-24)40(30-20-11-13-25-12-5-6-16-27(25)30)31-19-9-8-18-29(31)38(35)37-36(28-17-7-10-21-34(28)41-37)39(32)26-14-3-2-4-15-26/h2-6,8-9,11-16,18-20,22-23H,7,10,17,21H2,1H3. The fraction of sp³-hybridized carbons (Fsp3) is 0.135. The zero-order chi connectivity index (χ0) is 27.1. The molecular weight excluding hydrogens is 515 g/mol. The molecule has 0 amide bonds. The molecule has 9 rings (SSSR count). The van der Waals surface area contributed by atoms with E-state index in [1.54, 1.807) is 10.4 Å². The van der Waals surface area contributed by atoms with Crippen LogP contribution in [-0.4, -0.2) is 6.71 Å². The Morgan fingerprint density at radius 3 is 2.27 bits per heavy atom. The monoisotopic (exact) mass is 544 g/mol. The molecule has 3 heterocycles. The number of nitrogens with zero attached hydrogens (tertiary/aromatic N) is 2. The van der Waals surface area contributed by atoms with Crippen molar-refractivity contribution in [3.05, 3.63) is 125 Å². The molecule has 2 aliphatic heterocycles. The van der Waals surface area contributed by atoms with Gasteiger partial charge in [0.05, 0.1) is 11.4 Å². The molecule has 2 nitrogen and oxygen atoms in total. The third-order valence-corrected chi connectivity index (χ3v) is 10.6. The van der Waals surface area contributed by atoms with Crippen LogP contribution < -0.4 is 25.5 Å². The number of fused-ring (bicyclic) bond motifs is 7. The van der Waals surface area contributed by atoms with Crippen molar-refractivity contribution < 1.29 is 0 Å². The van der Waals surface area contributed by atoms with E-state index in [1.807, 2.05) is 0 Å². The molecule has 0 spiro atoms. The average Bonchev–Trinajstić information content (AvgIpc) is 3.40.